The minimum Gasteiger partial charge on any atom is -0.379 e. The molecule has 4 heteroatoms. The van der Waals surface area contributed by atoms with E-state index in [2.05, 4.69) is 29.8 Å². The van der Waals surface area contributed by atoms with Crippen molar-refractivity contribution in [2.75, 3.05) is 24.9 Å². The van der Waals surface area contributed by atoms with Gasteiger partial charge in [0.15, 0.2) is 0 Å². The Balaban J connectivity index is 4.09. The van der Waals surface area contributed by atoms with Gasteiger partial charge in [0, 0.05) is 12.4 Å². The topological polar surface area (TPSA) is 18.5 Å². The van der Waals surface area contributed by atoms with Crippen LogP contribution in [0.5, 0.6) is 0 Å². The van der Waals surface area contributed by atoms with Crippen LogP contribution in [0.1, 0.15) is 27.2 Å². The summed E-state index contributed by atoms with van der Waals surface area (Å²) in [6.07, 6.45) is 1.24. The van der Waals surface area contributed by atoms with Crippen LogP contribution in [-0.4, -0.2) is 36.6 Å². The summed E-state index contributed by atoms with van der Waals surface area (Å²) in [5, 5.41) is 0.737. The highest BCUT2D eigenvalue weighted by molar-refractivity contribution is 9.09. The van der Waals surface area contributed by atoms with Gasteiger partial charge in [-0.25, -0.2) is 0 Å². The minimum absolute atomic E-state index is 0.150. The lowest BCUT2D eigenvalue weighted by Crippen LogP contribution is -2.38. The highest BCUT2D eigenvalue weighted by Crippen LogP contribution is 2.19. The molecule has 0 aliphatic rings. The van der Waals surface area contributed by atoms with Crippen LogP contribution in [0.2, 0.25) is 0 Å². The number of alkyl halides is 2. The van der Waals surface area contributed by atoms with Crippen molar-refractivity contribution >= 4 is 27.5 Å². The molecule has 2 nitrogen and oxygen atoms in total. The molecule has 0 aliphatic heterocycles. The van der Waals surface area contributed by atoms with Gasteiger partial charge in [-0.3, -0.25) is 0 Å². The molecule has 0 radical (unpaired) electrons. The first-order valence-electron chi connectivity index (χ1n) is 5.31. The van der Waals surface area contributed by atoms with Crippen LogP contribution in [0.25, 0.3) is 0 Å². The monoisotopic (exact) mass is 300 g/mol. The third-order valence-electron chi connectivity index (χ3n) is 2.74. The fourth-order valence-electron chi connectivity index (χ4n) is 1.12. The van der Waals surface area contributed by atoms with Crippen molar-refractivity contribution in [2.24, 2.45) is 5.92 Å². The average Bonchev–Trinajstić information content (AvgIpc) is 2.29. The van der Waals surface area contributed by atoms with Crippen molar-refractivity contribution in [1.82, 2.24) is 0 Å². The molecular weight excluding hydrogens is 279 g/mol. The lowest BCUT2D eigenvalue weighted by atomic mass is 10.0. The number of ether oxygens (including phenoxy) is 2. The van der Waals surface area contributed by atoms with E-state index in [0.29, 0.717) is 18.4 Å². The third kappa shape index (κ3) is 5.53. The Kier molecular flexibility index (Phi) is 8.24. The van der Waals surface area contributed by atoms with Crippen molar-refractivity contribution in [3.8, 4) is 0 Å². The van der Waals surface area contributed by atoms with E-state index >= 15 is 0 Å². The number of hydrogen-bond acceptors (Lipinski definition) is 2. The Bertz CT molecular complexity index is 163. The van der Waals surface area contributed by atoms with Gasteiger partial charge in [0.05, 0.1) is 24.2 Å². The molecule has 92 valence electrons. The molecule has 0 saturated carbocycles. The number of rotatable bonds is 8. The summed E-state index contributed by atoms with van der Waals surface area (Å²) in [7, 11) is 1.73. The summed E-state index contributed by atoms with van der Waals surface area (Å²) in [6.45, 7) is 6.92. The average molecular weight is 302 g/mol. The maximum absolute atomic E-state index is 5.85. The summed E-state index contributed by atoms with van der Waals surface area (Å²) >= 11 is 9.26. The second-order valence-electron chi connectivity index (χ2n) is 4.19. The van der Waals surface area contributed by atoms with Gasteiger partial charge in [-0.05, 0) is 12.8 Å². The Hall–Kier alpha value is 0.690. The van der Waals surface area contributed by atoms with Gasteiger partial charge in [-0.2, -0.15) is 0 Å². The molecule has 0 aromatic rings. The number of methoxy groups -OCH3 is 1. The van der Waals surface area contributed by atoms with Crippen LogP contribution < -0.4 is 0 Å². The minimum atomic E-state index is -0.300. The second kappa shape index (κ2) is 7.88. The Morgan fingerprint density at radius 3 is 2.40 bits per heavy atom. The highest BCUT2D eigenvalue weighted by atomic mass is 79.9. The molecule has 0 aliphatic carbocycles. The fourth-order valence-corrected chi connectivity index (χ4v) is 1.88. The molecule has 3 unspecified atom stereocenters. The zero-order valence-electron chi connectivity index (χ0n) is 10.1. The van der Waals surface area contributed by atoms with Gasteiger partial charge in [0.25, 0.3) is 0 Å². The van der Waals surface area contributed by atoms with Gasteiger partial charge < -0.3 is 9.47 Å². The van der Waals surface area contributed by atoms with Crippen molar-refractivity contribution in [2.45, 2.75) is 38.9 Å². The third-order valence-corrected chi connectivity index (χ3v) is 4.49. The maximum atomic E-state index is 5.85. The van der Waals surface area contributed by atoms with Crippen molar-refractivity contribution in [3.63, 3.8) is 0 Å². The molecule has 0 bridgehead atoms. The normalized spacial score (nSPS) is 19.6. The molecule has 0 aromatic carbocycles. The standard InChI is InChI=1S/C11H22BrClO2/c1-5-9(2)10(14-4)6-15-11(3,7-12)8-13/h9-10H,5-8H2,1-4H3. The molecule has 0 N–H and O–H groups in total. The van der Waals surface area contributed by atoms with E-state index < -0.39 is 0 Å². The van der Waals surface area contributed by atoms with Crippen LogP contribution in [0.4, 0.5) is 0 Å². The van der Waals surface area contributed by atoms with Crippen LogP contribution in [0.15, 0.2) is 0 Å². The number of halogens is 2. The Labute approximate surface area is 107 Å². The van der Waals surface area contributed by atoms with Gasteiger partial charge in [-0.15, -0.1) is 11.6 Å². The Morgan fingerprint density at radius 2 is 2.07 bits per heavy atom. The molecule has 0 saturated heterocycles. The number of hydrogen-bond donors (Lipinski definition) is 0. The quantitative estimate of drug-likeness (QED) is 0.639. The summed E-state index contributed by atoms with van der Waals surface area (Å²) in [4.78, 5) is 0. The second-order valence-corrected chi connectivity index (χ2v) is 5.02. The van der Waals surface area contributed by atoms with E-state index in [0.717, 1.165) is 11.8 Å². The molecule has 15 heavy (non-hydrogen) atoms. The Morgan fingerprint density at radius 1 is 1.47 bits per heavy atom. The first-order valence-corrected chi connectivity index (χ1v) is 6.97. The van der Waals surface area contributed by atoms with Crippen LogP contribution in [0, 0.1) is 5.92 Å². The molecule has 0 fully saturated rings. The van der Waals surface area contributed by atoms with Crippen LogP contribution in [0.3, 0.4) is 0 Å². The molecule has 0 heterocycles. The van der Waals surface area contributed by atoms with E-state index in [-0.39, 0.29) is 11.7 Å². The summed E-state index contributed by atoms with van der Waals surface area (Å²) in [6, 6.07) is 0. The van der Waals surface area contributed by atoms with E-state index in [1.807, 2.05) is 6.92 Å². The van der Waals surface area contributed by atoms with E-state index in [1.165, 1.54) is 0 Å². The van der Waals surface area contributed by atoms with E-state index in [1.54, 1.807) is 7.11 Å². The maximum Gasteiger partial charge on any atom is 0.0886 e. The molecule has 3 atom stereocenters. The van der Waals surface area contributed by atoms with Crippen LogP contribution >= 0.6 is 27.5 Å². The highest BCUT2D eigenvalue weighted by Gasteiger charge is 2.25. The summed E-state index contributed by atoms with van der Waals surface area (Å²) in [5.41, 5.74) is -0.300. The van der Waals surface area contributed by atoms with Crippen molar-refractivity contribution in [1.29, 1.82) is 0 Å². The van der Waals surface area contributed by atoms with Crippen LogP contribution in [-0.2, 0) is 9.47 Å². The zero-order valence-corrected chi connectivity index (χ0v) is 12.4. The van der Waals surface area contributed by atoms with Crippen molar-refractivity contribution in [3.05, 3.63) is 0 Å². The first kappa shape index (κ1) is 15.7. The first-order chi connectivity index (χ1) is 7.02. The van der Waals surface area contributed by atoms with Crippen molar-refractivity contribution < 1.29 is 9.47 Å². The zero-order chi connectivity index (χ0) is 11.9. The van der Waals surface area contributed by atoms with Gasteiger partial charge >= 0.3 is 0 Å². The summed E-state index contributed by atoms with van der Waals surface area (Å²) < 4.78 is 11.2. The van der Waals surface area contributed by atoms with Gasteiger partial charge in [0.2, 0.25) is 0 Å². The predicted octanol–water partition coefficient (Wildman–Crippen LogP) is 3.46. The molecular formula is C11H22BrClO2. The van der Waals surface area contributed by atoms with E-state index in [9.17, 15) is 0 Å². The smallest absolute Gasteiger partial charge is 0.0886 e. The lowest BCUT2D eigenvalue weighted by Gasteiger charge is -2.29. The predicted molar refractivity (Wildman–Crippen MR) is 69.1 cm³/mol. The lowest BCUT2D eigenvalue weighted by molar-refractivity contribution is -0.0725. The van der Waals surface area contributed by atoms with Gasteiger partial charge in [-0.1, -0.05) is 36.2 Å². The van der Waals surface area contributed by atoms with E-state index in [4.69, 9.17) is 21.1 Å². The molecule has 0 aromatic heterocycles. The molecule has 0 amide bonds. The van der Waals surface area contributed by atoms with Gasteiger partial charge in [0.1, 0.15) is 0 Å². The molecule has 0 rings (SSSR count). The largest absolute Gasteiger partial charge is 0.379 e. The fraction of sp³-hybridized carbons (Fsp3) is 1.00. The summed E-state index contributed by atoms with van der Waals surface area (Å²) in [5.74, 6) is 0.986. The molecule has 0 spiro atoms. The SMILES string of the molecule is CCC(C)C(COC(C)(CCl)CBr)OC.